The van der Waals surface area contributed by atoms with Gasteiger partial charge in [0.15, 0.2) is 0 Å². The Kier molecular flexibility index (Phi) is 8.04. The summed E-state index contributed by atoms with van der Waals surface area (Å²) in [5, 5.41) is 6.28. The lowest BCUT2D eigenvalue weighted by molar-refractivity contribution is 0.312. The van der Waals surface area contributed by atoms with Crippen molar-refractivity contribution in [3.8, 4) is 6.01 Å². The summed E-state index contributed by atoms with van der Waals surface area (Å²) in [6.07, 6.45) is 4.42. The van der Waals surface area contributed by atoms with Crippen molar-refractivity contribution in [3.05, 3.63) is 0 Å². The summed E-state index contributed by atoms with van der Waals surface area (Å²) < 4.78 is 5.33. The monoisotopic (exact) mass is 285 g/mol. The maximum atomic E-state index is 5.33. The molecule has 0 saturated heterocycles. The van der Waals surface area contributed by atoms with Crippen LogP contribution in [0.3, 0.4) is 0 Å². The molecule has 0 fully saturated rings. The minimum Gasteiger partial charge on any atom is -0.464 e. The number of thioether (sulfide) groups is 1. The standard InChI is InChI=1S/C12H23N5OS/c1-4-13-10-15-11(14-8-6-7-9-19-3)17-12(16-10)18-5-2/h4-9H2,1-3H3,(H2,13,14,15,16,17). The van der Waals surface area contributed by atoms with Crippen molar-refractivity contribution in [2.24, 2.45) is 0 Å². The van der Waals surface area contributed by atoms with Crippen molar-refractivity contribution >= 4 is 23.7 Å². The molecular weight excluding hydrogens is 262 g/mol. The number of rotatable bonds is 10. The molecule has 0 radical (unpaired) electrons. The number of hydrogen-bond donors (Lipinski definition) is 2. The number of nitrogens with zero attached hydrogens (tertiary/aromatic N) is 3. The Morgan fingerprint density at radius 2 is 1.79 bits per heavy atom. The van der Waals surface area contributed by atoms with Gasteiger partial charge in [-0.3, -0.25) is 0 Å². The van der Waals surface area contributed by atoms with Crippen LogP contribution in [0, 0.1) is 0 Å². The molecule has 0 saturated carbocycles. The highest BCUT2D eigenvalue weighted by molar-refractivity contribution is 7.98. The van der Waals surface area contributed by atoms with E-state index in [1.165, 1.54) is 12.2 Å². The molecule has 1 heterocycles. The number of aromatic nitrogens is 3. The van der Waals surface area contributed by atoms with Gasteiger partial charge in [0.1, 0.15) is 0 Å². The van der Waals surface area contributed by atoms with E-state index >= 15 is 0 Å². The third kappa shape index (κ3) is 6.47. The van der Waals surface area contributed by atoms with Crippen LogP contribution in [0.5, 0.6) is 6.01 Å². The smallest absolute Gasteiger partial charge is 0.323 e. The Morgan fingerprint density at radius 3 is 2.42 bits per heavy atom. The summed E-state index contributed by atoms with van der Waals surface area (Å²) in [6.45, 7) is 6.08. The fourth-order valence-electron chi connectivity index (χ4n) is 1.44. The van der Waals surface area contributed by atoms with Gasteiger partial charge in [-0.25, -0.2) is 0 Å². The summed E-state index contributed by atoms with van der Waals surface area (Å²) in [6, 6.07) is 0.361. The number of unbranched alkanes of at least 4 members (excludes halogenated alkanes) is 1. The van der Waals surface area contributed by atoms with Gasteiger partial charge in [-0.2, -0.15) is 26.7 Å². The quantitative estimate of drug-likeness (QED) is 0.639. The van der Waals surface area contributed by atoms with E-state index in [2.05, 4.69) is 31.8 Å². The molecule has 19 heavy (non-hydrogen) atoms. The molecule has 7 heteroatoms. The highest BCUT2D eigenvalue weighted by Crippen LogP contribution is 2.11. The number of hydrogen-bond acceptors (Lipinski definition) is 7. The lowest BCUT2D eigenvalue weighted by atomic mass is 10.3. The molecule has 0 aliphatic heterocycles. The molecule has 0 bridgehead atoms. The zero-order chi connectivity index (χ0) is 13.9. The molecular formula is C12H23N5OS. The molecule has 2 N–H and O–H groups in total. The first-order valence-corrected chi connectivity index (χ1v) is 8.05. The zero-order valence-corrected chi connectivity index (χ0v) is 12.7. The Hall–Kier alpha value is -1.24. The van der Waals surface area contributed by atoms with Crippen LogP contribution in [0.2, 0.25) is 0 Å². The van der Waals surface area contributed by atoms with Crippen LogP contribution < -0.4 is 15.4 Å². The molecule has 0 aliphatic carbocycles. The van der Waals surface area contributed by atoms with E-state index in [0.717, 1.165) is 19.5 Å². The average Bonchev–Trinajstić information content (AvgIpc) is 2.39. The second kappa shape index (κ2) is 9.66. The fraction of sp³-hybridized carbons (Fsp3) is 0.750. The first-order chi connectivity index (χ1) is 9.30. The molecule has 1 aromatic rings. The van der Waals surface area contributed by atoms with Crippen LogP contribution in [0.15, 0.2) is 0 Å². The van der Waals surface area contributed by atoms with Gasteiger partial charge in [0.2, 0.25) is 11.9 Å². The number of ether oxygens (including phenoxy) is 1. The Balaban J connectivity index is 2.54. The third-order valence-electron chi connectivity index (χ3n) is 2.28. The van der Waals surface area contributed by atoms with Gasteiger partial charge in [-0.1, -0.05) is 0 Å². The minimum atomic E-state index is 0.361. The van der Waals surface area contributed by atoms with E-state index < -0.39 is 0 Å². The molecule has 1 aromatic heterocycles. The van der Waals surface area contributed by atoms with E-state index in [-0.39, 0.29) is 0 Å². The molecule has 0 aliphatic rings. The first-order valence-electron chi connectivity index (χ1n) is 6.65. The van der Waals surface area contributed by atoms with E-state index in [1.807, 2.05) is 25.6 Å². The second-order valence-corrected chi connectivity index (χ2v) is 4.84. The topological polar surface area (TPSA) is 72.0 Å². The molecule has 0 unspecified atom stereocenters. The van der Waals surface area contributed by atoms with Crippen molar-refractivity contribution in [2.75, 3.05) is 42.3 Å². The van der Waals surface area contributed by atoms with Gasteiger partial charge < -0.3 is 15.4 Å². The highest BCUT2D eigenvalue weighted by Gasteiger charge is 2.06. The van der Waals surface area contributed by atoms with E-state index in [1.54, 1.807) is 0 Å². The summed E-state index contributed by atoms with van der Waals surface area (Å²) in [4.78, 5) is 12.7. The first kappa shape index (κ1) is 15.8. The third-order valence-corrected chi connectivity index (χ3v) is 2.98. The van der Waals surface area contributed by atoms with Gasteiger partial charge >= 0.3 is 6.01 Å². The summed E-state index contributed by atoms with van der Waals surface area (Å²) >= 11 is 1.87. The van der Waals surface area contributed by atoms with Crippen molar-refractivity contribution in [3.63, 3.8) is 0 Å². The van der Waals surface area contributed by atoms with E-state index in [4.69, 9.17) is 4.74 Å². The Labute approximate surface area is 119 Å². The molecule has 0 amide bonds. The van der Waals surface area contributed by atoms with E-state index in [0.29, 0.717) is 24.5 Å². The van der Waals surface area contributed by atoms with Crippen LogP contribution in [0.1, 0.15) is 26.7 Å². The van der Waals surface area contributed by atoms with Crippen LogP contribution in [0.4, 0.5) is 11.9 Å². The largest absolute Gasteiger partial charge is 0.464 e. The van der Waals surface area contributed by atoms with Gasteiger partial charge in [-0.15, -0.1) is 0 Å². The van der Waals surface area contributed by atoms with Crippen molar-refractivity contribution in [1.29, 1.82) is 0 Å². The van der Waals surface area contributed by atoms with Crippen LogP contribution in [-0.2, 0) is 0 Å². The lowest BCUT2D eigenvalue weighted by Gasteiger charge is -2.09. The van der Waals surface area contributed by atoms with Gasteiger partial charge in [0.05, 0.1) is 6.61 Å². The normalized spacial score (nSPS) is 10.3. The predicted octanol–water partition coefficient (Wildman–Crippen LogP) is 2.26. The molecule has 1 rings (SSSR count). The summed E-state index contributed by atoms with van der Waals surface area (Å²) in [5.74, 6) is 2.30. The SMILES string of the molecule is CCNc1nc(NCCCCSC)nc(OCC)n1. The van der Waals surface area contributed by atoms with Crippen molar-refractivity contribution < 1.29 is 4.74 Å². The van der Waals surface area contributed by atoms with Gasteiger partial charge in [0.25, 0.3) is 0 Å². The van der Waals surface area contributed by atoms with Crippen molar-refractivity contribution in [2.45, 2.75) is 26.7 Å². The maximum Gasteiger partial charge on any atom is 0.323 e. The number of anilines is 2. The fourth-order valence-corrected chi connectivity index (χ4v) is 1.93. The van der Waals surface area contributed by atoms with Crippen molar-refractivity contribution in [1.82, 2.24) is 15.0 Å². The predicted molar refractivity (Wildman–Crippen MR) is 81.3 cm³/mol. The van der Waals surface area contributed by atoms with E-state index in [9.17, 15) is 0 Å². The summed E-state index contributed by atoms with van der Waals surface area (Å²) in [5.41, 5.74) is 0. The average molecular weight is 285 g/mol. The van der Waals surface area contributed by atoms with Gasteiger partial charge in [-0.05, 0) is 38.7 Å². The Morgan fingerprint density at radius 1 is 1.05 bits per heavy atom. The van der Waals surface area contributed by atoms with Crippen LogP contribution in [0.25, 0.3) is 0 Å². The molecule has 0 atom stereocenters. The lowest BCUT2D eigenvalue weighted by Crippen LogP contribution is -2.11. The Bertz CT molecular complexity index is 340. The molecule has 0 aromatic carbocycles. The summed E-state index contributed by atoms with van der Waals surface area (Å²) in [7, 11) is 0. The van der Waals surface area contributed by atoms with Gasteiger partial charge in [0, 0.05) is 13.1 Å². The van der Waals surface area contributed by atoms with Crippen LogP contribution in [-0.4, -0.2) is 46.7 Å². The maximum absolute atomic E-state index is 5.33. The molecule has 108 valence electrons. The second-order valence-electron chi connectivity index (χ2n) is 3.86. The molecule has 0 spiro atoms. The highest BCUT2D eigenvalue weighted by atomic mass is 32.2. The minimum absolute atomic E-state index is 0.361. The zero-order valence-electron chi connectivity index (χ0n) is 11.9. The molecule has 6 nitrogen and oxygen atoms in total. The number of nitrogens with one attached hydrogen (secondary N) is 2. The van der Waals surface area contributed by atoms with Crippen LogP contribution >= 0.6 is 11.8 Å².